The third kappa shape index (κ3) is 4.96. The maximum absolute atomic E-state index is 12.4. The Morgan fingerprint density at radius 3 is 2.72 bits per heavy atom. The third-order valence-electron chi connectivity index (χ3n) is 5.63. The van der Waals surface area contributed by atoms with E-state index in [1.165, 1.54) is 0 Å². The van der Waals surface area contributed by atoms with E-state index in [1.54, 1.807) is 12.4 Å². The molecule has 1 aliphatic heterocycles. The summed E-state index contributed by atoms with van der Waals surface area (Å²) in [5.41, 5.74) is 2.76. The van der Waals surface area contributed by atoms with Crippen LogP contribution < -0.4 is 5.32 Å². The van der Waals surface area contributed by atoms with Crippen molar-refractivity contribution in [3.8, 4) is 0 Å². The van der Waals surface area contributed by atoms with Crippen LogP contribution in [0.2, 0.25) is 5.02 Å². The number of halogens is 1. The molecular weight excluding hydrogens is 388 g/mol. The number of amides is 1. The number of imidazole rings is 1. The number of aromatic nitrogens is 2. The van der Waals surface area contributed by atoms with E-state index in [2.05, 4.69) is 20.2 Å². The molecule has 1 amide bonds. The zero-order valence-electron chi connectivity index (χ0n) is 16.2. The molecule has 0 atom stereocenters. The lowest BCUT2D eigenvalue weighted by atomic mass is 9.85. The second kappa shape index (κ2) is 8.53. The van der Waals surface area contributed by atoms with Gasteiger partial charge in [-0.1, -0.05) is 23.7 Å². The Kier molecular flexibility index (Phi) is 5.85. The molecular formula is C22H25ClN4O2. The van der Waals surface area contributed by atoms with Crippen molar-refractivity contribution in [2.45, 2.75) is 24.9 Å². The minimum Gasteiger partial charge on any atom is -0.389 e. The molecule has 3 aromatic rings. The molecule has 0 spiro atoms. The molecule has 0 aliphatic carbocycles. The van der Waals surface area contributed by atoms with Crippen molar-refractivity contribution in [2.75, 3.05) is 26.2 Å². The van der Waals surface area contributed by atoms with Crippen LogP contribution in [0.15, 0.2) is 48.8 Å². The fourth-order valence-electron chi connectivity index (χ4n) is 3.86. The summed E-state index contributed by atoms with van der Waals surface area (Å²) in [5, 5.41) is 14.6. The van der Waals surface area contributed by atoms with E-state index in [1.807, 2.05) is 36.4 Å². The molecule has 1 aliphatic rings. The second-order valence-corrected chi connectivity index (χ2v) is 8.20. The first-order valence-electron chi connectivity index (χ1n) is 9.91. The van der Waals surface area contributed by atoms with Crippen LogP contribution in [0, 0.1) is 0 Å². The summed E-state index contributed by atoms with van der Waals surface area (Å²) < 4.78 is 0. The molecule has 6 nitrogen and oxygen atoms in total. The third-order valence-corrected chi connectivity index (χ3v) is 5.88. The van der Waals surface area contributed by atoms with E-state index in [0.29, 0.717) is 23.6 Å². The maximum atomic E-state index is 12.4. The van der Waals surface area contributed by atoms with Gasteiger partial charge in [0, 0.05) is 43.2 Å². The first kappa shape index (κ1) is 19.9. The van der Waals surface area contributed by atoms with Crippen LogP contribution in [0.25, 0.3) is 11.0 Å². The van der Waals surface area contributed by atoms with E-state index in [-0.39, 0.29) is 5.91 Å². The summed E-state index contributed by atoms with van der Waals surface area (Å²) in [6.07, 6.45) is 3.71. The van der Waals surface area contributed by atoms with Crippen molar-refractivity contribution in [2.24, 2.45) is 0 Å². The maximum Gasteiger partial charge on any atom is 0.251 e. The van der Waals surface area contributed by atoms with Crippen LogP contribution in [0.3, 0.4) is 0 Å². The van der Waals surface area contributed by atoms with Gasteiger partial charge in [-0.15, -0.1) is 0 Å². The largest absolute Gasteiger partial charge is 0.389 e. The van der Waals surface area contributed by atoms with Crippen LogP contribution in [0.4, 0.5) is 0 Å². The van der Waals surface area contributed by atoms with Gasteiger partial charge in [0.1, 0.15) is 0 Å². The fourth-order valence-corrected chi connectivity index (χ4v) is 3.98. The first-order valence-corrected chi connectivity index (χ1v) is 10.3. The first-order chi connectivity index (χ1) is 14.0. The summed E-state index contributed by atoms with van der Waals surface area (Å²) in [6, 6.07) is 13.1. The average molecular weight is 413 g/mol. The molecule has 2 aromatic carbocycles. The zero-order valence-corrected chi connectivity index (χ0v) is 17.0. The van der Waals surface area contributed by atoms with Crippen LogP contribution in [-0.2, 0) is 6.42 Å². The van der Waals surface area contributed by atoms with Gasteiger partial charge in [0.15, 0.2) is 0 Å². The molecule has 3 N–H and O–H groups in total. The van der Waals surface area contributed by atoms with Gasteiger partial charge in [0.05, 0.1) is 23.0 Å². The number of nitrogens with zero attached hydrogens (tertiary/aromatic N) is 2. The highest BCUT2D eigenvalue weighted by molar-refractivity contribution is 6.30. The van der Waals surface area contributed by atoms with Gasteiger partial charge in [-0.25, -0.2) is 4.98 Å². The summed E-state index contributed by atoms with van der Waals surface area (Å²) in [5.74, 6) is -0.0854. The molecule has 0 unspecified atom stereocenters. The van der Waals surface area contributed by atoms with Gasteiger partial charge in [0.2, 0.25) is 0 Å². The highest BCUT2D eigenvalue weighted by Crippen LogP contribution is 2.26. The average Bonchev–Trinajstić information content (AvgIpc) is 3.19. The number of rotatable bonds is 6. The minimum absolute atomic E-state index is 0.0854. The number of aliphatic hydroxyl groups is 1. The number of aromatic amines is 1. The van der Waals surface area contributed by atoms with Gasteiger partial charge in [-0.05, 0) is 48.7 Å². The van der Waals surface area contributed by atoms with Crippen molar-refractivity contribution in [1.82, 2.24) is 20.2 Å². The number of nitrogens with one attached hydrogen (secondary N) is 2. The van der Waals surface area contributed by atoms with Crippen LogP contribution in [-0.4, -0.2) is 57.7 Å². The zero-order chi connectivity index (χ0) is 20.3. The summed E-state index contributed by atoms with van der Waals surface area (Å²) in [4.78, 5) is 21.8. The standard InChI is InChI=1S/C22H25ClN4O2/c23-18-4-1-16(2-5-18)14-22(29)7-10-27(11-8-22)12-9-24-21(28)17-3-6-19-20(13-17)26-15-25-19/h1-6,13,15,29H,7-12,14H2,(H,24,28)(H,25,26). The Balaban J connectivity index is 1.22. The van der Waals surface area contributed by atoms with E-state index in [0.717, 1.165) is 49.1 Å². The van der Waals surface area contributed by atoms with Gasteiger partial charge in [-0.3, -0.25) is 4.79 Å². The topological polar surface area (TPSA) is 81.2 Å². The van der Waals surface area contributed by atoms with Crippen LogP contribution >= 0.6 is 11.6 Å². The normalized spacial score (nSPS) is 16.8. The molecule has 4 rings (SSSR count). The van der Waals surface area contributed by atoms with E-state index < -0.39 is 5.60 Å². The van der Waals surface area contributed by atoms with Crippen LogP contribution in [0.5, 0.6) is 0 Å². The summed E-state index contributed by atoms with van der Waals surface area (Å²) >= 11 is 5.94. The van der Waals surface area contributed by atoms with E-state index in [9.17, 15) is 9.90 Å². The van der Waals surface area contributed by atoms with Gasteiger partial charge >= 0.3 is 0 Å². The number of benzene rings is 2. The van der Waals surface area contributed by atoms with Crippen molar-refractivity contribution < 1.29 is 9.90 Å². The molecule has 1 fully saturated rings. The number of piperidine rings is 1. The van der Waals surface area contributed by atoms with Crippen LogP contribution in [0.1, 0.15) is 28.8 Å². The molecule has 7 heteroatoms. The van der Waals surface area contributed by atoms with Crippen molar-refractivity contribution in [3.05, 3.63) is 64.9 Å². The Hall–Kier alpha value is -2.41. The lowest BCUT2D eigenvalue weighted by Gasteiger charge is -2.38. The number of fused-ring (bicyclic) bond motifs is 1. The molecule has 0 saturated carbocycles. The SMILES string of the molecule is O=C(NCCN1CCC(O)(Cc2ccc(Cl)cc2)CC1)c1ccc2nc[nH]c2c1. The Morgan fingerprint density at radius 2 is 1.97 bits per heavy atom. The lowest BCUT2D eigenvalue weighted by Crippen LogP contribution is -2.47. The van der Waals surface area contributed by atoms with Crippen molar-refractivity contribution >= 4 is 28.5 Å². The number of carbonyl (C=O) groups is 1. The van der Waals surface area contributed by atoms with Crippen molar-refractivity contribution in [1.29, 1.82) is 0 Å². The monoisotopic (exact) mass is 412 g/mol. The smallest absolute Gasteiger partial charge is 0.251 e. The van der Waals surface area contributed by atoms with Crippen molar-refractivity contribution in [3.63, 3.8) is 0 Å². The molecule has 29 heavy (non-hydrogen) atoms. The van der Waals surface area contributed by atoms with Gasteiger partial charge in [0.25, 0.3) is 5.91 Å². The molecule has 152 valence electrons. The van der Waals surface area contributed by atoms with E-state index in [4.69, 9.17) is 11.6 Å². The highest BCUT2D eigenvalue weighted by Gasteiger charge is 2.32. The number of hydrogen-bond donors (Lipinski definition) is 3. The predicted molar refractivity (Wildman–Crippen MR) is 114 cm³/mol. The number of likely N-dealkylation sites (tertiary alicyclic amines) is 1. The second-order valence-electron chi connectivity index (χ2n) is 7.76. The predicted octanol–water partition coefficient (Wildman–Crippen LogP) is 3.02. The van der Waals surface area contributed by atoms with E-state index >= 15 is 0 Å². The molecule has 0 radical (unpaired) electrons. The number of carbonyl (C=O) groups excluding carboxylic acids is 1. The quantitative estimate of drug-likeness (QED) is 0.581. The lowest BCUT2D eigenvalue weighted by molar-refractivity contribution is -0.0202. The van der Waals surface area contributed by atoms with Gasteiger partial charge in [-0.2, -0.15) is 0 Å². The summed E-state index contributed by atoms with van der Waals surface area (Å²) in [7, 11) is 0. The molecule has 1 aromatic heterocycles. The Bertz CT molecular complexity index is 978. The highest BCUT2D eigenvalue weighted by atomic mass is 35.5. The minimum atomic E-state index is -0.674. The number of H-pyrrole nitrogens is 1. The van der Waals surface area contributed by atoms with Gasteiger partial charge < -0.3 is 20.3 Å². The molecule has 1 saturated heterocycles. The molecule has 2 heterocycles. The Labute approximate surface area is 174 Å². The fraction of sp³-hybridized carbons (Fsp3) is 0.364. The summed E-state index contributed by atoms with van der Waals surface area (Å²) in [6.45, 7) is 2.99. The number of hydrogen-bond acceptors (Lipinski definition) is 4. The molecule has 0 bridgehead atoms. The Morgan fingerprint density at radius 1 is 1.21 bits per heavy atom.